The Kier molecular flexibility index (Phi) is 6.06. The summed E-state index contributed by atoms with van der Waals surface area (Å²) in [4.78, 5) is 30.4. The van der Waals surface area contributed by atoms with E-state index in [0.717, 1.165) is 18.5 Å². The lowest BCUT2D eigenvalue weighted by molar-refractivity contribution is -0.132. The van der Waals surface area contributed by atoms with E-state index in [0.29, 0.717) is 44.5 Å². The van der Waals surface area contributed by atoms with Gasteiger partial charge in [0.05, 0.1) is 11.6 Å². The number of carbonyl (C=O) groups excluding carboxylic acids is 2. The van der Waals surface area contributed by atoms with Crippen molar-refractivity contribution in [3.05, 3.63) is 36.3 Å². The number of halogens is 1. The van der Waals surface area contributed by atoms with Gasteiger partial charge in [0.1, 0.15) is 12.4 Å². The number of rotatable bonds is 3. The molecule has 0 unspecified atom stereocenters. The van der Waals surface area contributed by atoms with Crippen LogP contribution in [0.15, 0.2) is 30.5 Å². The van der Waals surface area contributed by atoms with Gasteiger partial charge < -0.3 is 19.5 Å². The van der Waals surface area contributed by atoms with Gasteiger partial charge in [-0.3, -0.25) is 14.5 Å². The standard InChI is InChI=1S/C22H29FN4O3/c1-16(28)24-10-12-25(13-11-24)19-5-8-26(9-6-21(19)29)22(30)15-27-7-4-17-2-3-18(23)14-20(17)27/h2-4,7,14,19,21,29H,5-6,8-13,15H2,1H3/t19-,21-/m0/s1. The normalized spacial score (nSPS) is 23.6. The number of piperazine rings is 1. The Morgan fingerprint density at radius 1 is 1.03 bits per heavy atom. The van der Waals surface area contributed by atoms with Crippen molar-refractivity contribution in [2.45, 2.75) is 38.5 Å². The van der Waals surface area contributed by atoms with Crippen molar-refractivity contribution >= 4 is 22.7 Å². The highest BCUT2D eigenvalue weighted by Gasteiger charge is 2.33. The Bertz CT molecular complexity index is 922. The molecule has 2 aliphatic heterocycles. The molecule has 4 rings (SSSR count). The zero-order valence-corrected chi connectivity index (χ0v) is 17.3. The largest absolute Gasteiger partial charge is 0.391 e. The number of carbonyl (C=O) groups is 2. The van der Waals surface area contributed by atoms with Gasteiger partial charge in [-0.25, -0.2) is 4.39 Å². The van der Waals surface area contributed by atoms with Crippen LogP contribution >= 0.6 is 0 Å². The zero-order valence-electron chi connectivity index (χ0n) is 17.3. The first-order valence-electron chi connectivity index (χ1n) is 10.6. The van der Waals surface area contributed by atoms with Crippen LogP contribution in [0.2, 0.25) is 0 Å². The summed E-state index contributed by atoms with van der Waals surface area (Å²) in [5, 5.41) is 11.6. The fraction of sp³-hybridized carbons (Fsp3) is 0.545. The predicted octanol–water partition coefficient (Wildman–Crippen LogP) is 1.30. The number of nitrogens with zero attached hydrogens (tertiary/aromatic N) is 4. The van der Waals surface area contributed by atoms with Crippen molar-refractivity contribution in [1.82, 2.24) is 19.3 Å². The first-order chi connectivity index (χ1) is 14.4. The molecule has 7 nitrogen and oxygen atoms in total. The molecular formula is C22H29FN4O3. The quantitative estimate of drug-likeness (QED) is 0.819. The minimum atomic E-state index is -0.492. The highest BCUT2D eigenvalue weighted by molar-refractivity contribution is 5.83. The molecule has 2 aliphatic rings. The molecule has 0 radical (unpaired) electrons. The molecule has 162 valence electrons. The van der Waals surface area contributed by atoms with E-state index in [1.165, 1.54) is 12.1 Å². The van der Waals surface area contributed by atoms with Crippen LogP contribution in [0.5, 0.6) is 0 Å². The third kappa shape index (κ3) is 4.34. The number of amides is 2. The van der Waals surface area contributed by atoms with E-state index in [-0.39, 0.29) is 30.2 Å². The Hall–Kier alpha value is -2.45. The van der Waals surface area contributed by atoms with E-state index >= 15 is 0 Å². The first-order valence-corrected chi connectivity index (χ1v) is 10.6. The van der Waals surface area contributed by atoms with Crippen molar-refractivity contribution in [3.8, 4) is 0 Å². The number of likely N-dealkylation sites (tertiary alicyclic amines) is 1. The van der Waals surface area contributed by atoms with Crippen LogP contribution in [0.1, 0.15) is 19.8 Å². The lowest BCUT2D eigenvalue weighted by atomic mass is 10.0. The molecule has 2 atom stereocenters. The highest BCUT2D eigenvalue weighted by atomic mass is 19.1. The van der Waals surface area contributed by atoms with Crippen LogP contribution < -0.4 is 0 Å². The lowest BCUT2D eigenvalue weighted by Gasteiger charge is -2.40. The van der Waals surface area contributed by atoms with Gasteiger partial charge in [0.25, 0.3) is 0 Å². The van der Waals surface area contributed by atoms with Gasteiger partial charge >= 0.3 is 0 Å². The maximum atomic E-state index is 13.6. The maximum absolute atomic E-state index is 13.6. The van der Waals surface area contributed by atoms with Gasteiger partial charge in [-0.05, 0) is 42.5 Å². The molecule has 0 bridgehead atoms. The summed E-state index contributed by atoms with van der Waals surface area (Å²) >= 11 is 0. The van der Waals surface area contributed by atoms with Crippen LogP contribution in [0, 0.1) is 5.82 Å². The first kappa shape index (κ1) is 20.8. The second kappa shape index (κ2) is 8.73. The number of hydrogen-bond donors (Lipinski definition) is 1. The summed E-state index contributed by atoms with van der Waals surface area (Å²) in [6, 6.07) is 6.46. The summed E-state index contributed by atoms with van der Waals surface area (Å²) in [6.07, 6.45) is 2.55. The van der Waals surface area contributed by atoms with Crippen LogP contribution in [-0.4, -0.2) is 87.6 Å². The summed E-state index contributed by atoms with van der Waals surface area (Å²) < 4.78 is 15.4. The fourth-order valence-electron chi connectivity index (χ4n) is 4.66. The molecule has 0 spiro atoms. The van der Waals surface area contributed by atoms with Crippen LogP contribution in [0.3, 0.4) is 0 Å². The number of aromatic nitrogens is 1. The van der Waals surface area contributed by atoms with Crippen LogP contribution in [0.4, 0.5) is 4.39 Å². The van der Waals surface area contributed by atoms with Crippen molar-refractivity contribution in [3.63, 3.8) is 0 Å². The molecule has 2 fully saturated rings. The van der Waals surface area contributed by atoms with E-state index in [2.05, 4.69) is 4.90 Å². The average molecular weight is 416 g/mol. The topological polar surface area (TPSA) is 69.0 Å². The van der Waals surface area contributed by atoms with Crippen molar-refractivity contribution in [2.75, 3.05) is 39.3 Å². The number of benzene rings is 1. The number of fused-ring (bicyclic) bond motifs is 1. The molecular weight excluding hydrogens is 387 g/mol. The molecule has 1 N–H and O–H groups in total. The summed E-state index contributed by atoms with van der Waals surface area (Å²) in [7, 11) is 0. The van der Waals surface area contributed by atoms with Crippen LogP contribution in [-0.2, 0) is 16.1 Å². The molecule has 8 heteroatoms. The van der Waals surface area contributed by atoms with Gasteiger partial charge in [0.2, 0.25) is 11.8 Å². The molecule has 1 aromatic heterocycles. The molecule has 2 aromatic rings. The highest BCUT2D eigenvalue weighted by Crippen LogP contribution is 2.21. The molecule has 2 saturated heterocycles. The molecule has 0 aliphatic carbocycles. The number of hydrogen-bond acceptors (Lipinski definition) is 4. The molecule has 30 heavy (non-hydrogen) atoms. The Labute approximate surface area is 175 Å². The van der Waals surface area contributed by atoms with Crippen molar-refractivity contribution < 1.29 is 19.1 Å². The smallest absolute Gasteiger partial charge is 0.242 e. The van der Waals surface area contributed by atoms with E-state index in [9.17, 15) is 19.1 Å². The Morgan fingerprint density at radius 3 is 2.50 bits per heavy atom. The summed E-state index contributed by atoms with van der Waals surface area (Å²) in [5.41, 5.74) is 0.708. The maximum Gasteiger partial charge on any atom is 0.242 e. The monoisotopic (exact) mass is 416 g/mol. The van der Waals surface area contributed by atoms with E-state index in [1.54, 1.807) is 22.5 Å². The fourth-order valence-corrected chi connectivity index (χ4v) is 4.66. The van der Waals surface area contributed by atoms with E-state index in [1.807, 2.05) is 17.2 Å². The molecule has 3 heterocycles. The van der Waals surface area contributed by atoms with Gasteiger partial charge in [0, 0.05) is 58.4 Å². The van der Waals surface area contributed by atoms with Gasteiger partial charge in [-0.2, -0.15) is 0 Å². The average Bonchev–Trinajstić information content (AvgIpc) is 3.00. The predicted molar refractivity (Wildman–Crippen MR) is 111 cm³/mol. The van der Waals surface area contributed by atoms with E-state index in [4.69, 9.17) is 0 Å². The Balaban J connectivity index is 1.38. The zero-order chi connectivity index (χ0) is 21.3. The minimum absolute atomic E-state index is 0.00147. The third-order valence-electron chi connectivity index (χ3n) is 6.46. The number of aliphatic hydroxyl groups excluding tert-OH is 1. The molecule has 2 amide bonds. The summed E-state index contributed by atoms with van der Waals surface area (Å²) in [5.74, 6) is -0.253. The van der Waals surface area contributed by atoms with Gasteiger partial charge in [-0.1, -0.05) is 0 Å². The Morgan fingerprint density at radius 2 is 1.77 bits per heavy atom. The lowest BCUT2D eigenvalue weighted by Crippen LogP contribution is -2.54. The molecule has 0 saturated carbocycles. The van der Waals surface area contributed by atoms with Crippen LogP contribution in [0.25, 0.3) is 10.9 Å². The summed E-state index contributed by atoms with van der Waals surface area (Å²) in [6.45, 7) is 5.69. The minimum Gasteiger partial charge on any atom is -0.391 e. The van der Waals surface area contributed by atoms with E-state index < -0.39 is 6.10 Å². The van der Waals surface area contributed by atoms with Crippen molar-refractivity contribution in [2.24, 2.45) is 0 Å². The van der Waals surface area contributed by atoms with Gasteiger partial charge in [-0.15, -0.1) is 0 Å². The SMILES string of the molecule is CC(=O)N1CCN([C@H]2CCN(C(=O)Cn3ccc4ccc(F)cc43)CC[C@@H]2O)CC1. The van der Waals surface area contributed by atoms with Crippen molar-refractivity contribution in [1.29, 1.82) is 0 Å². The number of aliphatic hydroxyl groups is 1. The second-order valence-electron chi connectivity index (χ2n) is 8.28. The van der Waals surface area contributed by atoms with Gasteiger partial charge in [0.15, 0.2) is 0 Å². The second-order valence-corrected chi connectivity index (χ2v) is 8.28. The third-order valence-corrected chi connectivity index (χ3v) is 6.46. The molecule has 1 aromatic carbocycles.